The van der Waals surface area contributed by atoms with Crippen molar-refractivity contribution in [1.82, 2.24) is 19.5 Å². The summed E-state index contributed by atoms with van der Waals surface area (Å²) in [6, 6.07) is 73.0. The molecule has 0 saturated heterocycles. The van der Waals surface area contributed by atoms with Crippen LogP contribution >= 0.6 is 0 Å². The van der Waals surface area contributed by atoms with Crippen LogP contribution in [-0.4, -0.2) is 19.5 Å². The van der Waals surface area contributed by atoms with Gasteiger partial charge < -0.3 is 4.57 Å². The largest absolute Gasteiger partial charge is 0.309 e. The van der Waals surface area contributed by atoms with Crippen LogP contribution in [-0.2, 0) is 0 Å². The van der Waals surface area contributed by atoms with Crippen LogP contribution in [0.4, 0.5) is 0 Å². The minimum atomic E-state index is 0.845. The molecule has 0 unspecified atom stereocenters. The fraction of sp³-hybridized carbons (Fsp3) is 0. The minimum Gasteiger partial charge on any atom is -0.309 e. The van der Waals surface area contributed by atoms with Crippen molar-refractivity contribution in [3.63, 3.8) is 0 Å². The van der Waals surface area contributed by atoms with Gasteiger partial charge in [0.15, 0.2) is 0 Å². The number of rotatable bonds is 5. The maximum absolute atomic E-state index is 5.72. The molecule has 9 aromatic carbocycles. The zero-order chi connectivity index (χ0) is 38.9. The molecule has 274 valence electrons. The highest BCUT2D eigenvalue weighted by atomic mass is 15.0. The average molecular weight is 751 g/mol. The third-order valence-corrected chi connectivity index (χ3v) is 11.8. The van der Waals surface area contributed by atoms with Gasteiger partial charge in [0.2, 0.25) is 0 Å². The predicted molar refractivity (Wildman–Crippen MR) is 246 cm³/mol. The van der Waals surface area contributed by atoms with Gasteiger partial charge in [-0.15, -0.1) is 0 Å². The van der Waals surface area contributed by atoms with Crippen LogP contribution < -0.4 is 0 Å². The first-order valence-corrected chi connectivity index (χ1v) is 20.0. The number of benzene rings is 9. The van der Waals surface area contributed by atoms with E-state index in [9.17, 15) is 0 Å². The molecule has 0 fully saturated rings. The second-order valence-electron chi connectivity index (χ2n) is 15.1. The molecule has 0 radical (unpaired) electrons. The maximum Gasteiger partial charge on any atom is 0.0987 e. The summed E-state index contributed by atoms with van der Waals surface area (Å²) in [5, 5.41) is 7.95. The van der Waals surface area contributed by atoms with Crippen molar-refractivity contribution >= 4 is 65.3 Å². The minimum absolute atomic E-state index is 0.845. The fourth-order valence-corrected chi connectivity index (χ4v) is 9.08. The number of fused-ring (bicyclic) bond motifs is 9. The Kier molecular flexibility index (Phi) is 7.50. The zero-order valence-electron chi connectivity index (χ0n) is 31.9. The molecule has 0 bridgehead atoms. The predicted octanol–water partition coefficient (Wildman–Crippen LogP) is 14.2. The van der Waals surface area contributed by atoms with Crippen molar-refractivity contribution in [2.75, 3.05) is 0 Å². The molecule has 0 aliphatic rings. The third-order valence-electron chi connectivity index (χ3n) is 11.8. The van der Waals surface area contributed by atoms with Gasteiger partial charge in [-0.1, -0.05) is 170 Å². The van der Waals surface area contributed by atoms with Gasteiger partial charge in [0.25, 0.3) is 0 Å². The Balaban J connectivity index is 1.20. The van der Waals surface area contributed by atoms with Crippen LogP contribution in [0.3, 0.4) is 0 Å². The number of para-hydroxylation sites is 3. The SMILES string of the molecule is c1ccc(-c2nc3c(-c4ccc(-n5c6ccccc6c6ccccc65)cc4)cc4c(-c5cccc6ccccc56)nc5ccccc5c4c3nc2-c2ccccc2)cc1. The van der Waals surface area contributed by atoms with Crippen molar-refractivity contribution in [2.45, 2.75) is 0 Å². The number of aromatic nitrogens is 4. The van der Waals surface area contributed by atoms with E-state index in [0.717, 1.165) is 88.7 Å². The molecule has 4 nitrogen and oxygen atoms in total. The third kappa shape index (κ3) is 5.27. The molecule has 0 aliphatic carbocycles. The highest BCUT2D eigenvalue weighted by molar-refractivity contribution is 6.25. The lowest BCUT2D eigenvalue weighted by Gasteiger charge is -2.18. The van der Waals surface area contributed by atoms with Gasteiger partial charge >= 0.3 is 0 Å². The summed E-state index contributed by atoms with van der Waals surface area (Å²) < 4.78 is 2.36. The van der Waals surface area contributed by atoms with Gasteiger partial charge in [0.1, 0.15) is 0 Å². The second-order valence-corrected chi connectivity index (χ2v) is 15.1. The summed E-state index contributed by atoms with van der Waals surface area (Å²) in [4.78, 5) is 16.9. The normalized spacial score (nSPS) is 11.7. The number of pyridine rings is 1. The Bertz CT molecular complexity index is 3530. The van der Waals surface area contributed by atoms with E-state index in [-0.39, 0.29) is 0 Å². The summed E-state index contributed by atoms with van der Waals surface area (Å²) in [5.74, 6) is 0. The molecule has 3 heterocycles. The fourth-order valence-electron chi connectivity index (χ4n) is 9.08. The molecule has 0 aliphatic heterocycles. The number of hydrogen-bond donors (Lipinski definition) is 0. The summed E-state index contributed by atoms with van der Waals surface area (Å²) >= 11 is 0. The van der Waals surface area contributed by atoms with E-state index in [1.165, 1.54) is 27.2 Å². The molecule has 0 spiro atoms. The first-order chi connectivity index (χ1) is 29.3. The lowest BCUT2D eigenvalue weighted by atomic mass is 9.91. The van der Waals surface area contributed by atoms with Gasteiger partial charge in [-0.3, -0.25) is 0 Å². The summed E-state index contributed by atoms with van der Waals surface area (Å²) in [6.45, 7) is 0. The van der Waals surface area contributed by atoms with Gasteiger partial charge in [-0.05, 0) is 52.7 Å². The number of nitrogens with zero attached hydrogens (tertiary/aromatic N) is 4. The Morgan fingerprint density at radius 1 is 0.322 bits per heavy atom. The molecule has 12 aromatic rings. The lowest BCUT2D eigenvalue weighted by molar-refractivity contribution is 1.18. The van der Waals surface area contributed by atoms with E-state index >= 15 is 0 Å². The van der Waals surface area contributed by atoms with E-state index in [1.54, 1.807) is 0 Å². The highest BCUT2D eigenvalue weighted by Crippen LogP contribution is 2.44. The molecule has 59 heavy (non-hydrogen) atoms. The van der Waals surface area contributed by atoms with Crippen LogP contribution in [0.1, 0.15) is 0 Å². The summed E-state index contributed by atoms with van der Waals surface area (Å²) in [7, 11) is 0. The van der Waals surface area contributed by atoms with Gasteiger partial charge in [-0.25, -0.2) is 15.0 Å². The maximum atomic E-state index is 5.72. The summed E-state index contributed by atoms with van der Waals surface area (Å²) in [5.41, 5.74) is 13.9. The van der Waals surface area contributed by atoms with Gasteiger partial charge in [0, 0.05) is 54.9 Å². The zero-order valence-corrected chi connectivity index (χ0v) is 31.9. The Labute approximate surface area is 340 Å². The van der Waals surface area contributed by atoms with E-state index in [2.05, 4.69) is 199 Å². The van der Waals surface area contributed by atoms with Crippen molar-refractivity contribution < 1.29 is 0 Å². The van der Waals surface area contributed by atoms with Crippen LogP contribution in [0.25, 0.3) is 116 Å². The molecule has 4 heteroatoms. The van der Waals surface area contributed by atoms with Crippen LogP contribution in [0, 0.1) is 0 Å². The standard InChI is InChI=1S/C55H34N4/c1-3-17-37(18-4-1)51-52(38-19-5-2-6-20-38)58-55-50-44-25-9-12-27-47(44)56-53(43-26-15-21-35-16-7-8-22-40(35)43)46(50)34-45(54(55)57-51)36-30-32-39(33-31-36)59-48-28-13-10-23-41(48)42-24-11-14-29-49(42)59/h1-34H. The van der Waals surface area contributed by atoms with Crippen molar-refractivity contribution in [3.05, 3.63) is 206 Å². The van der Waals surface area contributed by atoms with Crippen molar-refractivity contribution in [3.8, 4) is 50.6 Å². The molecule has 12 rings (SSSR count). The molecule has 0 atom stereocenters. The first kappa shape index (κ1) is 33.2. The quantitative estimate of drug-likeness (QED) is 0.165. The van der Waals surface area contributed by atoms with Crippen molar-refractivity contribution in [1.29, 1.82) is 0 Å². The topological polar surface area (TPSA) is 43.6 Å². The first-order valence-electron chi connectivity index (χ1n) is 20.0. The average Bonchev–Trinajstić information content (AvgIpc) is 3.65. The van der Waals surface area contributed by atoms with Gasteiger partial charge in [-0.2, -0.15) is 0 Å². The number of hydrogen-bond acceptors (Lipinski definition) is 3. The van der Waals surface area contributed by atoms with E-state index < -0.39 is 0 Å². The van der Waals surface area contributed by atoms with E-state index in [4.69, 9.17) is 15.0 Å². The molecular formula is C55H34N4. The lowest BCUT2D eigenvalue weighted by Crippen LogP contribution is -2.00. The van der Waals surface area contributed by atoms with E-state index in [1.807, 2.05) is 12.1 Å². The van der Waals surface area contributed by atoms with Crippen LogP contribution in [0.5, 0.6) is 0 Å². The Hall–Kier alpha value is -7.95. The van der Waals surface area contributed by atoms with Gasteiger partial charge in [0.05, 0.1) is 44.7 Å². The molecule has 0 amide bonds. The summed E-state index contributed by atoms with van der Waals surface area (Å²) in [6.07, 6.45) is 0. The monoisotopic (exact) mass is 750 g/mol. The van der Waals surface area contributed by atoms with Crippen molar-refractivity contribution in [2.24, 2.45) is 0 Å². The molecule has 3 aromatic heterocycles. The molecule has 0 saturated carbocycles. The Morgan fingerprint density at radius 2 is 0.864 bits per heavy atom. The van der Waals surface area contributed by atoms with E-state index in [0.29, 0.717) is 0 Å². The molecular weight excluding hydrogens is 717 g/mol. The highest BCUT2D eigenvalue weighted by Gasteiger charge is 2.23. The Morgan fingerprint density at radius 3 is 1.54 bits per heavy atom. The molecule has 0 N–H and O–H groups in total. The second kappa shape index (κ2) is 13.3. The smallest absolute Gasteiger partial charge is 0.0987 e. The van der Waals surface area contributed by atoms with Crippen LogP contribution in [0.15, 0.2) is 206 Å². The van der Waals surface area contributed by atoms with Crippen LogP contribution in [0.2, 0.25) is 0 Å².